The molecule has 3 N–H and O–H groups in total. The van der Waals surface area contributed by atoms with Crippen LogP contribution in [0.25, 0.3) is 11.0 Å². The third-order valence-corrected chi connectivity index (χ3v) is 3.77. The molecule has 6 nitrogen and oxygen atoms in total. The fourth-order valence-corrected chi connectivity index (χ4v) is 2.57. The molecule has 3 aromatic rings. The van der Waals surface area contributed by atoms with Crippen LogP contribution in [-0.2, 0) is 13.6 Å². The molecule has 7 heteroatoms. The number of aryl methyl sites for hydroxylation is 1. The first kappa shape index (κ1) is 20.0. The van der Waals surface area contributed by atoms with Gasteiger partial charge in [-0.3, -0.25) is 0 Å². The van der Waals surface area contributed by atoms with Crippen molar-refractivity contribution in [2.45, 2.75) is 26.5 Å². The van der Waals surface area contributed by atoms with Crippen molar-refractivity contribution in [3.8, 4) is 5.75 Å². The number of hydrogen-bond donors (Lipinski definition) is 2. The topological polar surface area (TPSA) is 77.5 Å². The van der Waals surface area contributed by atoms with Crippen LogP contribution >= 0.6 is 24.0 Å². The molecule has 1 heterocycles. The molecular weight excluding hydrogens is 441 g/mol. The molecule has 2 aromatic carbocycles. The summed E-state index contributed by atoms with van der Waals surface area (Å²) in [6.45, 7) is 4.41. The molecule has 0 aliphatic carbocycles. The molecule has 138 valence electrons. The van der Waals surface area contributed by atoms with Crippen LogP contribution in [-0.4, -0.2) is 21.6 Å². The molecule has 0 aliphatic heterocycles. The summed E-state index contributed by atoms with van der Waals surface area (Å²) in [5, 5.41) is 3.08. The van der Waals surface area contributed by atoms with Gasteiger partial charge in [0, 0.05) is 12.7 Å². The summed E-state index contributed by atoms with van der Waals surface area (Å²) in [5.41, 5.74) is 8.89. The Labute approximate surface area is 170 Å². The van der Waals surface area contributed by atoms with Crippen LogP contribution in [0.1, 0.15) is 19.7 Å². The number of halogens is 1. The van der Waals surface area contributed by atoms with E-state index in [0.29, 0.717) is 12.5 Å². The first-order valence-electron chi connectivity index (χ1n) is 8.27. The predicted molar refractivity (Wildman–Crippen MR) is 117 cm³/mol. The van der Waals surface area contributed by atoms with E-state index in [-0.39, 0.29) is 30.1 Å². The maximum Gasteiger partial charge on any atom is 0.193 e. The van der Waals surface area contributed by atoms with Crippen molar-refractivity contribution in [1.82, 2.24) is 9.55 Å². The number of guanidine groups is 1. The van der Waals surface area contributed by atoms with Crippen molar-refractivity contribution in [1.29, 1.82) is 0 Å². The van der Waals surface area contributed by atoms with Gasteiger partial charge in [0.25, 0.3) is 0 Å². The van der Waals surface area contributed by atoms with Crippen LogP contribution in [0.2, 0.25) is 0 Å². The minimum atomic E-state index is 0. The van der Waals surface area contributed by atoms with Gasteiger partial charge < -0.3 is 20.4 Å². The maximum absolute atomic E-state index is 5.99. The molecule has 0 spiro atoms. The number of ether oxygens (including phenoxy) is 1. The summed E-state index contributed by atoms with van der Waals surface area (Å²) in [5.74, 6) is 2.05. The van der Waals surface area contributed by atoms with E-state index >= 15 is 0 Å². The zero-order valence-corrected chi connectivity index (χ0v) is 17.5. The van der Waals surface area contributed by atoms with Crippen molar-refractivity contribution in [2.75, 3.05) is 5.32 Å². The zero-order valence-electron chi connectivity index (χ0n) is 15.1. The molecule has 26 heavy (non-hydrogen) atoms. The van der Waals surface area contributed by atoms with Crippen LogP contribution in [0, 0.1) is 0 Å². The minimum Gasteiger partial charge on any atom is -0.491 e. The number of rotatable bonds is 5. The number of fused-ring (bicyclic) bond motifs is 1. The highest BCUT2D eigenvalue weighted by molar-refractivity contribution is 14.0. The second kappa shape index (κ2) is 8.88. The van der Waals surface area contributed by atoms with Crippen molar-refractivity contribution in [2.24, 2.45) is 17.8 Å². The third-order valence-electron chi connectivity index (χ3n) is 3.77. The molecule has 0 bridgehead atoms. The first-order valence-corrected chi connectivity index (χ1v) is 8.27. The summed E-state index contributed by atoms with van der Waals surface area (Å²) < 4.78 is 7.65. The van der Waals surface area contributed by atoms with Gasteiger partial charge in [0.15, 0.2) is 5.96 Å². The molecule has 0 aliphatic rings. The van der Waals surface area contributed by atoms with Gasteiger partial charge in [-0.1, -0.05) is 12.1 Å². The van der Waals surface area contributed by atoms with Gasteiger partial charge in [0.1, 0.15) is 18.1 Å². The second-order valence-electron chi connectivity index (χ2n) is 6.09. The van der Waals surface area contributed by atoms with E-state index in [9.17, 15) is 0 Å². The van der Waals surface area contributed by atoms with Gasteiger partial charge in [-0.15, -0.1) is 24.0 Å². The number of imidazole rings is 1. The molecule has 0 unspecified atom stereocenters. The molecule has 0 saturated carbocycles. The van der Waals surface area contributed by atoms with E-state index in [4.69, 9.17) is 10.5 Å². The smallest absolute Gasteiger partial charge is 0.193 e. The van der Waals surface area contributed by atoms with Gasteiger partial charge in [0.05, 0.1) is 17.1 Å². The maximum atomic E-state index is 5.99. The lowest BCUT2D eigenvalue weighted by molar-refractivity contribution is 0.242. The Hall–Kier alpha value is -2.29. The van der Waals surface area contributed by atoms with E-state index in [1.165, 1.54) is 0 Å². The standard InChI is InChI=1S/C19H23N5O.HI/c1-13(2)25-15-10-8-14(9-11-15)22-19(20)21-12-18-23-16-6-4-5-7-17(16)24(18)3;/h4-11,13H,12H2,1-3H3,(H3,20,21,22);1H. The van der Waals surface area contributed by atoms with E-state index in [1.54, 1.807) is 0 Å². The Morgan fingerprint density at radius 3 is 2.54 bits per heavy atom. The molecule has 0 radical (unpaired) electrons. The number of aromatic nitrogens is 2. The highest BCUT2D eigenvalue weighted by atomic mass is 127. The Bertz CT molecular complexity index is 887. The molecular formula is C19H24IN5O. The fraction of sp³-hybridized carbons (Fsp3) is 0.263. The summed E-state index contributed by atoms with van der Waals surface area (Å²) in [6.07, 6.45) is 0.152. The van der Waals surface area contributed by atoms with Crippen LogP contribution < -0.4 is 15.8 Å². The summed E-state index contributed by atoms with van der Waals surface area (Å²) in [6, 6.07) is 15.6. The lowest BCUT2D eigenvalue weighted by atomic mass is 10.3. The van der Waals surface area contributed by atoms with E-state index in [0.717, 1.165) is 28.3 Å². The van der Waals surface area contributed by atoms with Crippen LogP contribution in [0.4, 0.5) is 5.69 Å². The molecule has 3 rings (SSSR count). The normalized spacial score (nSPS) is 11.5. The molecule has 0 saturated heterocycles. The summed E-state index contributed by atoms with van der Waals surface area (Å²) in [4.78, 5) is 8.97. The van der Waals surface area contributed by atoms with Gasteiger partial charge in [-0.25, -0.2) is 9.98 Å². The summed E-state index contributed by atoms with van der Waals surface area (Å²) in [7, 11) is 1.98. The average Bonchev–Trinajstić information content (AvgIpc) is 2.91. The monoisotopic (exact) mass is 465 g/mol. The number of nitrogens with two attached hydrogens (primary N) is 1. The number of benzene rings is 2. The van der Waals surface area contributed by atoms with Crippen molar-refractivity contribution >= 4 is 46.7 Å². The fourth-order valence-electron chi connectivity index (χ4n) is 2.57. The molecule has 0 atom stereocenters. The van der Waals surface area contributed by atoms with E-state index < -0.39 is 0 Å². The van der Waals surface area contributed by atoms with E-state index in [2.05, 4.69) is 15.3 Å². The average molecular weight is 465 g/mol. The van der Waals surface area contributed by atoms with Gasteiger partial charge >= 0.3 is 0 Å². The lowest BCUT2D eigenvalue weighted by Gasteiger charge is -2.11. The Balaban J connectivity index is 0.00000243. The number of anilines is 1. The Kier molecular flexibility index (Phi) is 6.84. The van der Waals surface area contributed by atoms with Crippen LogP contribution in [0.5, 0.6) is 5.75 Å². The number of nitrogens with zero attached hydrogens (tertiary/aromatic N) is 3. The minimum absolute atomic E-state index is 0. The highest BCUT2D eigenvalue weighted by Crippen LogP contribution is 2.17. The predicted octanol–water partition coefficient (Wildman–Crippen LogP) is 3.91. The largest absolute Gasteiger partial charge is 0.491 e. The molecule has 1 aromatic heterocycles. The molecule has 0 amide bonds. The van der Waals surface area contributed by atoms with Gasteiger partial charge in [0.2, 0.25) is 0 Å². The second-order valence-corrected chi connectivity index (χ2v) is 6.09. The number of nitrogens with one attached hydrogen (secondary N) is 1. The lowest BCUT2D eigenvalue weighted by Crippen LogP contribution is -2.22. The quantitative estimate of drug-likeness (QED) is 0.341. The summed E-state index contributed by atoms with van der Waals surface area (Å²) >= 11 is 0. The van der Waals surface area contributed by atoms with Gasteiger partial charge in [-0.2, -0.15) is 0 Å². The zero-order chi connectivity index (χ0) is 17.8. The van der Waals surface area contributed by atoms with Crippen molar-refractivity contribution < 1.29 is 4.74 Å². The van der Waals surface area contributed by atoms with Crippen LogP contribution in [0.3, 0.4) is 0 Å². The Morgan fingerprint density at radius 2 is 1.88 bits per heavy atom. The van der Waals surface area contributed by atoms with Crippen LogP contribution in [0.15, 0.2) is 53.5 Å². The number of para-hydroxylation sites is 2. The van der Waals surface area contributed by atoms with E-state index in [1.807, 2.05) is 74.0 Å². The molecule has 0 fully saturated rings. The number of hydrogen-bond acceptors (Lipinski definition) is 3. The highest BCUT2D eigenvalue weighted by Gasteiger charge is 2.06. The third kappa shape index (κ3) is 4.87. The first-order chi connectivity index (χ1) is 12.0. The Morgan fingerprint density at radius 1 is 1.19 bits per heavy atom. The van der Waals surface area contributed by atoms with Crippen molar-refractivity contribution in [3.63, 3.8) is 0 Å². The van der Waals surface area contributed by atoms with Crippen molar-refractivity contribution in [3.05, 3.63) is 54.4 Å². The van der Waals surface area contributed by atoms with Gasteiger partial charge in [-0.05, 0) is 50.2 Å². The SMILES string of the molecule is CC(C)Oc1ccc(NC(N)=NCc2nc3ccccc3n2C)cc1.I. The number of aliphatic imine (C=N–C) groups is 1.